The Balaban J connectivity index is 2.18. The zero-order valence-corrected chi connectivity index (χ0v) is 13.0. The van der Waals surface area contributed by atoms with E-state index in [1.807, 2.05) is 0 Å². The number of rotatable bonds is 6. The second-order valence-corrected chi connectivity index (χ2v) is 7.14. The van der Waals surface area contributed by atoms with Crippen molar-refractivity contribution in [3.05, 3.63) is 29.0 Å². The van der Waals surface area contributed by atoms with Crippen molar-refractivity contribution in [2.75, 3.05) is 13.2 Å². The molecule has 1 heterocycles. The first-order valence-corrected chi connectivity index (χ1v) is 8.43. The van der Waals surface area contributed by atoms with Crippen LogP contribution in [0, 0.1) is 11.7 Å². The summed E-state index contributed by atoms with van der Waals surface area (Å²) in [5, 5.41) is 8.89. The number of hydrogen-bond acceptors (Lipinski definition) is 4. The molecule has 1 saturated heterocycles. The number of benzene rings is 1. The van der Waals surface area contributed by atoms with Gasteiger partial charge in [-0.1, -0.05) is 11.6 Å². The molecule has 122 valence electrons. The van der Waals surface area contributed by atoms with E-state index in [2.05, 4.69) is 4.72 Å². The minimum atomic E-state index is -4.16. The molecule has 0 spiro atoms. The maximum Gasteiger partial charge on any atom is 0.321 e. The highest BCUT2D eigenvalue weighted by Gasteiger charge is 2.30. The van der Waals surface area contributed by atoms with Crippen molar-refractivity contribution in [3.63, 3.8) is 0 Å². The third-order valence-corrected chi connectivity index (χ3v) is 5.33. The summed E-state index contributed by atoms with van der Waals surface area (Å²) in [6.45, 7) is 0.941. The zero-order chi connectivity index (χ0) is 16.3. The monoisotopic (exact) mass is 351 g/mol. The summed E-state index contributed by atoms with van der Waals surface area (Å²) in [4.78, 5) is 10.9. The summed E-state index contributed by atoms with van der Waals surface area (Å²) < 4.78 is 44.7. The highest BCUT2D eigenvalue weighted by atomic mass is 35.5. The number of hydrogen-bond donors (Lipinski definition) is 2. The Morgan fingerprint density at radius 1 is 1.55 bits per heavy atom. The van der Waals surface area contributed by atoms with Crippen LogP contribution in [-0.2, 0) is 19.6 Å². The highest BCUT2D eigenvalue weighted by Crippen LogP contribution is 2.24. The molecular formula is C13H15ClFNO5S. The van der Waals surface area contributed by atoms with Crippen LogP contribution in [0.15, 0.2) is 23.1 Å². The molecule has 0 aliphatic carbocycles. The molecule has 2 rings (SSSR count). The lowest BCUT2D eigenvalue weighted by Crippen LogP contribution is -2.42. The van der Waals surface area contributed by atoms with Gasteiger partial charge >= 0.3 is 5.97 Å². The predicted octanol–water partition coefficient (Wildman–Crippen LogP) is 1.64. The summed E-state index contributed by atoms with van der Waals surface area (Å²) in [5.41, 5.74) is 0. The van der Waals surface area contributed by atoms with Crippen LogP contribution >= 0.6 is 11.6 Å². The fraction of sp³-hybridized carbons (Fsp3) is 0.462. The number of halogens is 2. The van der Waals surface area contributed by atoms with Crippen LogP contribution in [-0.4, -0.2) is 38.7 Å². The van der Waals surface area contributed by atoms with Gasteiger partial charge in [-0.25, -0.2) is 12.8 Å². The van der Waals surface area contributed by atoms with Crippen molar-refractivity contribution in [2.45, 2.75) is 23.8 Å². The quantitative estimate of drug-likeness (QED) is 0.812. The van der Waals surface area contributed by atoms with Gasteiger partial charge in [0.25, 0.3) is 0 Å². The van der Waals surface area contributed by atoms with Crippen LogP contribution in [0.4, 0.5) is 4.39 Å². The van der Waals surface area contributed by atoms with Crippen molar-refractivity contribution >= 4 is 27.6 Å². The van der Waals surface area contributed by atoms with Crippen LogP contribution in [0.3, 0.4) is 0 Å². The number of ether oxygens (including phenoxy) is 1. The predicted molar refractivity (Wildman–Crippen MR) is 76.7 cm³/mol. The van der Waals surface area contributed by atoms with E-state index in [1.54, 1.807) is 0 Å². The minimum absolute atomic E-state index is 0.0208. The Bertz CT molecular complexity index is 660. The molecule has 2 unspecified atom stereocenters. The molecular weight excluding hydrogens is 337 g/mol. The summed E-state index contributed by atoms with van der Waals surface area (Å²) in [5.74, 6) is -1.98. The first-order valence-electron chi connectivity index (χ1n) is 6.57. The fourth-order valence-corrected chi connectivity index (χ4v) is 3.98. The van der Waals surface area contributed by atoms with Gasteiger partial charge in [-0.3, -0.25) is 4.79 Å². The van der Waals surface area contributed by atoms with Crippen LogP contribution < -0.4 is 4.72 Å². The summed E-state index contributed by atoms with van der Waals surface area (Å²) in [6, 6.07) is 1.51. The average molecular weight is 352 g/mol. The minimum Gasteiger partial charge on any atom is -0.480 e. The topological polar surface area (TPSA) is 92.7 Å². The molecule has 0 radical (unpaired) electrons. The molecule has 1 aliphatic heterocycles. The maximum atomic E-state index is 13.0. The third kappa shape index (κ3) is 4.16. The zero-order valence-electron chi connectivity index (χ0n) is 11.5. The summed E-state index contributed by atoms with van der Waals surface area (Å²) in [7, 11) is -4.16. The van der Waals surface area contributed by atoms with Crippen molar-refractivity contribution in [2.24, 2.45) is 5.92 Å². The molecule has 1 aliphatic rings. The highest BCUT2D eigenvalue weighted by molar-refractivity contribution is 7.89. The number of carbonyl (C=O) groups is 1. The van der Waals surface area contributed by atoms with Crippen molar-refractivity contribution < 1.29 is 27.4 Å². The SMILES string of the molecule is O=C(O)C(CC1CCOC1)NS(=O)(=O)c1ccc(F)cc1Cl. The van der Waals surface area contributed by atoms with Gasteiger partial charge < -0.3 is 9.84 Å². The summed E-state index contributed by atoms with van der Waals surface area (Å²) >= 11 is 5.72. The van der Waals surface area contributed by atoms with Gasteiger partial charge in [-0.15, -0.1) is 0 Å². The lowest BCUT2D eigenvalue weighted by atomic mass is 10.00. The largest absolute Gasteiger partial charge is 0.480 e. The Kier molecular flexibility index (Phi) is 5.38. The average Bonchev–Trinajstić information content (AvgIpc) is 2.90. The lowest BCUT2D eigenvalue weighted by molar-refractivity contribution is -0.139. The Labute approximate surface area is 132 Å². The van der Waals surface area contributed by atoms with Gasteiger partial charge in [0, 0.05) is 13.2 Å². The van der Waals surface area contributed by atoms with Crippen molar-refractivity contribution in [1.29, 1.82) is 0 Å². The molecule has 0 amide bonds. The normalized spacial score (nSPS) is 20.0. The first-order chi connectivity index (χ1) is 10.3. The molecule has 0 aromatic heterocycles. The standard InChI is InChI=1S/C13H15ClFNO5S/c14-10-6-9(15)1-2-12(10)22(19,20)16-11(13(17)18)5-8-3-4-21-7-8/h1-2,6,8,11,16H,3-5,7H2,(H,17,18). The fourth-order valence-electron chi connectivity index (χ4n) is 2.25. The number of nitrogens with one attached hydrogen (secondary N) is 1. The molecule has 2 atom stereocenters. The van der Waals surface area contributed by atoms with E-state index in [9.17, 15) is 22.7 Å². The third-order valence-electron chi connectivity index (χ3n) is 3.37. The van der Waals surface area contributed by atoms with Gasteiger partial charge in [-0.2, -0.15) is 4.72 Å². The molecule has 2 N–H and O–H groups in total. The van der Waals surface area contributed by atoms with Gasteiger partial charge in [0.05, 0.1) is 5.02 Å². The van der Waals surface area contributed by atoms with Crippen molar-refractivity contribution in [3.8, 4) is 0 Å². The van der Waals surface area contributed by atoms with Gasteiger partial charge in [0.1, 0.15) is 16.8 Å². The van der Waals surface area contributed by atoms with Crippen LogP contribution in [0.25, 0.3) is 0 Å². The van der Waals surface area contributed by atoms with Crippen molar-refractivity contribution in [1.82, 2.24) is 4.72 Å². The molecule has 6 nitrogen and oxygen atoms in total. The Hall–Kier alpha value is -1.22. The molecule has 1 aromatic carbocycles. The van der Waals surface area contributed by atoms with E-state index >= 15 is 0 Å². The van der Waals surface area contributed by atoms with Crippen LogP contribution in [0.1, 0.15) is 12.8 Å². The second-order valence-electron chi connectivity index (χ2n) is 5.05. The van der Waals surface area contributed by atoms with Gasteiger partial charge in [0.15, 0.2) is 0 Å². The Morgan fingerprint density at radius 3 is 2.82 bits per heavy atom. The molecule has 9 heteroatoms. The van der Waals surface area contributed by atoms with E-state index < -0.39 is 27.9 Å². The molecule has 1 fully saturated rings. The van der Waals surface area contributed by atoms with Crippen LogP contribution in [0.2, 0.25) is 5.02 Å². The molecule has 22 heavy (non-hydrogen) atoms. The maximum absolute atomic E-state index is 13.0. The van der Waals surface area contributed by atoms with Gasteiger partial charge in [-0.05, 0) is 37.0 Å². The number of sulfonamides is 1. The van der Waals surface area contributed by atoms with E-state index in [-0.39, 0.29) is 22.3 Å². The number of carboxylic acids is 1. The Morgan fingerprint density at radius 2 is 2.27 bits per heavy atom. The van der Waals surface area contributed by atoms with E-state index in [0.717, 1.165) is 18.2 Å². The smallest absolute Gasteiger partial charge is 0.321 e. The lowest BCUT2D eigenvalue weighted by Gasteiger charge is -2.18. The molecule has 1 aromatic rings. The second kappa shape index (κ2) is 6.91. The summed E-state index contributed by atoms with van der Waals surface area (Å²) in [6.07, 6.45) is 0.802. The van der Waals surface area contributed by atoms with E-state index in [0.29, 0.717) is 19.6 Å². The number of carboxylic acid groups (broad SMARTS) is 1. The van der Waals surface area contributed by atoms with E-state index in [1.165, 1.54) is 0 Å². The molecule has 0 bridgehead atoms. The number of aliphatic carboxylic acids is 1. The van der Waals surface area contributed by atoms with E-state index in [4.69, 9.17) is 16.3 Å². The first kappa shape index (κ1) is 17.1. The van der Waals surface area contributed by atoms with Crippen LogP contribution in [0.5, 0.6) is 0 Å². The molecule has 0 saturated carbocycles. The van der Waals surface area contributed by atoms with Gasteiger partial charge in [0.2, 0.25) is 10.0 Å².